The van der Waals surface area contributed by atoms with Crippen molar-refractivity contribution >= 4 is 17.4 Å². The minimum Gasteiger partial charge on any atom is -0.368 e. The average Bonchev–Trinajstić information content (AvgIpc) is 3.24. The lowest BCUT2D eigenvalue weighted by molar-refractivity contribution is 0.257. The van der Waals surface area contributed by atoms with Crippen LogP contribution in [0.5, 0.6) is 0 Å². The minimum absolute atomic E-state index is 0.491. The molecule has 1 aromatic heterocycles. The summed E-state index contributed by atoms with van der Waals surface area (Å²) in [5.41, 5.74) is 0.938. The van der Waals surface area contributed by atoms with E-state index in [2.05, 4.69) is 41.1 Å². The summed E-state index contributed by atoms with van der Waals surface area (Å²) in [6.07, 6.45) is 4.56. The molecule has 0 amide bonds. The fraction of sp³-hybridized carbons (Fsp3) is 0.733. The smallest absolute Gasteiger partial charge is 0.137 e. The second kappa shape index (κ2) is 6.72. The van der Waals surface area contributed by atoms with E-state index >= 15 is 0 Å². The highest BCUT2D eigenvalue weighted by atomic mass is 35.5. The van der Waals surface area contributed by atoms with Crippen molar-refractivity contribution in [2.24, 2.45) is 0 Å². The van der Waals surface area contributed by atoms with Crippen LogP contribution in [0.1, 0.15) is 44.5 Å². The van der Waals surface area contributed by atoms with Gasteiger partial charge in [-0.15, -0.1) is 0 Å². The van der Waals surface area contributed by atoms with Gasteiger partial charge in [0.15, 0.2) is 0 Å². The van der Waals surface area contributed by atoms with Crippen LogP contribution in [-0.2, 0) is 6.42 Å². The molecule has 1 fully saturated rings. The number of nitrogens with one attached hydrogen (secondary N) is 1. The Kier molecular flexibility index (Phi) is 5.22. The maximum atomic E-state index is 6.19. The van der Waals surface area contributed by atoms with E-state index in [0.717, 1.165) is 42.6 Å². The highest BCUT2D eigenvalue weighted by Crippen LogP contribution is 2.27. The average molecular weight is 297 g/mol. The Balaban J connectivity index is 2.00. The van der Waals surface area contributed by atoms with Crippen LogP contribution in [0.3, 0.4) is 0 Å². The van der Waals surface area contributed by atoms with E-state index in [1.165, 1.54) is 12.8 Å². The quantitative estimate of drug-likeness (QED) is 0.784. The molecule has 1 heterocycles. The molecule has 1 unspecified atom stereocenters. The van der Waals surface area contributed by atoms with Gasteiger partial charge in [0.05, 0.1) is 0 Å². The first-order valence-electron chi connectivity index (χ1n) is 7.51. The molecule has 4 nitrogen and oxygen atoms in total. The van der Waals surface area contributed by atoms with E-state index in [0.29, 0.717) is 11.2 Å². The number of halogens is 1. The molecule has 5 heteroatoms. The van der Waals surface area contributed by atoms with Crippen molar-refractivity contribution in [2.75, 3.05) is 18.9 Å². The summed E-state index contributed by atoms with van der Waals surface area (Å²) in [6.45, 7) is 7.22. The van der Waals surface area contributed by atoms with E-state index in [4.69, 9.17) is 11.6 Å². The molecule has 2 rings (SSSR count). The van der Waals surface area contributed by atoms with E-state index < -0.39 is 0 Å². The predicted molar refractivity (Wildman–Crippen MR) is 84.5 cm³/mol. The number of anilines is 1. The van der Waals surface area contributed by atoms with Crippen molar-refractivity contribution in [1.82, 2.24) is 14.9 Å². The largest absolute Gasteiger partial charge is 0.368 e. The summed E-state index contributed by atoms with van der Waals surface area (Å²) >= 11 is 6.19. The first kappa shape index (κ1) is 15.5. The molecule has 0 saturated heterocycles. The topological polar surface area (TPSA) is 41.1 Å². The summed E-state index contributed by atoms with van der Waals surface area (Å²) in [5, 5.41) is 4.00. The molecule has 0 bridgehead atoms. The maximum absolute atomic E-state index is 6.19. The maximum Gasteiger partial charge on any atom is 0.137 e. The molecule has 1 aliphatic carbocycles. The van der Waals surface area contributed by atoms with Crippen LogP contribution in [0, 0.1) is 6.92 Å². The summed E-state index contributed by atoms with van der Waals surface area (Å²) < 4.78 is 0. The molecule has 1 atom stereocenters. The Morgan fingerprint density at radius 1 is 1.40 bits per heavy atom. The third kappa shape index (κ3) is 3.83. The lowest BCUT2D eigenvalue weighted by atomic mass is 10.2. The molecule has 1 N–H and O–H groups in total. The van der Waals surface area contributed by atoms with Crippen LogP contribution in [0.4, 0.5) is 5.82 Å². The molecular weight excluding hydrogens is 272 g/mol. The normalized spacial score (nSPS) is 16.5. The van der Waals surface area contributed by atoms with Crippen LogP contribution in [0.25, 0.3) is 0 Å². The van der Waals surface area contributed by atoms with Crippen molar-refractivity contribution in [3.8, 4) is 0 Å². The van der Waals surface area contributed by atoms with Crippen LogP contribution in [0.2, 0.25) is 5.15 Å². The fourth-order valence-electron chi connectivity index (χ4n) is 2.27. The number of aryl methyl sites for hydroxylation is 1. The van der Waals surface area contributed by atoms with Crippen molar-refractivity contribution in [2.45, 2.75) is 58.5 Å². The molecular formula is C15H25ClN4. The predicted octanol–water partition coefficient (Wildman–Crippen LogP) is 3.29. The van der Waals surface area contributed by atoms with Gasteiger partial charge in [-0.25, -0.2) is 9.97 Å². The molecule has 1 aliphatic rings. The van der Waals surface area contributed by atoms with Crippen molar-refractivity contribution in [1.29, 1.82) is 0 Å². The van der Waals surface area contributed by atoms with Crippen LogP contribution in [0.15, 0.2) is 0 Å². The SMILES string of the molecule is CCCc1nc(Cl)c(C)c(NCC(C)N(C)C2CC2)n1. The van der Waals surface area contributed by atoms with Gasteiger partial charge >= 0.3 is 0 Å². The first-order chi connectivity index (χ1) is 9.52. The monoisotopic (exact) mass is 296 g/mol. The Morgan fingerprint density at radius 2 is 2.10 bits per heavy atom. The van der Waals surface area contributed by atoms with E-state index in [1.807, 2.05) is 6.92 Å². The number of rotatable bonds is 7. The number of aromatic nitrogens is 2. The van der Waals surface area contributed by atoms with E-state index in [9.17, 15) is 0 Å². The van der Waals surface area contributed by atoms with E-state index in [1.54, 1.807) is 0 Å². The van der Waals surface area contributed by atoms with Gasteiger partial charge in [-0.1, -0.05) is 18.5 Å². The van der Waals surface area contributed by atoms with Gasteiger partial charge in [-0.05, 0) is 40.2 Å². The molecule has 1 aromatic rings. The summed E-state index contributed by atoms with van der Waals surface area (Å²) in [7, 11) is 2.20. The summed E-state index contributed by atoms with van der Waals surface area (Å²) in [4.78, 5) is 11.4. The molecule has 0 aliphatic heterocycles. The van der Waals surface area contributed by atoms with Gasteiger partial charge in [0.2, 0.25) is 0 Å². The third-order valence-electron chi connectivity index (χ3n) is 3.99. The molecule has 20 heavy (non-hydrogen) atoms. The number of hydrogen-bond donors (Lipinski definition) is 1. The Hall–Kier alpha value is -0.870. The highest BCUT2D eigenvalue weighted by Gasteiger charge is 2.29. The molecule has 0 aromatic carbocycles. The number of nitrogens with zero attached hydrogens (tertiary/aromatic N) is 3. The minimum atomic E-state index is 0.491. The first-order valence-corrected chi connectivity index (χ1v) is 7.89. The zero-order valence-electron chi connectivity index (χ0n) is 12.9. The van der Waals surface area contributed by atoms with Crippen LogP contribution >= 0.6 is 11.6 Å². The van der Waals surface area contributed by atoms with Gasteiger partial charge in [-0.2, -0.15) is 0 Å². The Bertz CT molecular complexity index is 459. The van der Waals surface area contributed by atoms with Gasteiger partial charge < -0.3 is 5.32 Å². The number of likely N-dealkylation sites (N-methyl/N-ethyl adjacent to an activating group) is 1. The molecule has 1 saturated carbocycles. The summed E-state index contributed by atoms with van der Waals surface area (Å²) in [5.74, 6) is 1.71. The van der Waals surface area contributed by atoms with Crippen LogP contribution in [-0.4, -0.2) is 40.5 Å². The standard InChI is InChI=1S/C15H25ClN4/c1-5-6-13-18-14(16)11(3)15(19-13)17-9-10(2)20(4)12-7-8-12/h10,12H,5-9H2,1-4H3,(H,17,18,19). The molecule has 0 spiro atoms. The Morgan fingerprint density at radius 3 is 2.70 bits per heavy atom. The highest BCUT2D eigenvalue weighted by molar-refractivity contribution is 6.30. The van der Waals surface area contributed by atoms with Crippen LogP contribution < -0.4 is 5.32 Å². The lowest BCUT2D eigenvalue weighted by Gasteiger charge is -2.25. The van der Waals surface area contributed by atoms with Gasteiger partial charge in [-0.3, -0.25) is 4.90 Å². The summed E-state index contributed by atoms with van der Waals surface area (Å²) in [6, 6.07) is 1.27. The van der Waals surface area contributed by atoms with Crippen molar-refractivity contribution < 1.29 is 0 Å². The van der Waals surface area contributed by atoms with E-state index in [-0.39, 0.29) is 0 Å². The van der Waals surface area contributed by atoms with Crippen molar-refractivity contribution in [3.05, 3.63) is 16.5 Å². The van der Waals surface area contributed by atoms with Crippen molar-refractivity contribution in [3.63, 3.8) is 0 Å². The second-order valence-electron chi connectivity index (χ2n) is 5.78. The fourth-order valence-corrected chi connectivity index (χ4v) is 2.46. The molecule has 0 radical (unpaired) electrons. The third-order valence-corrected chi connectivity index (χ3v) is 4.36. The zero-order chi connectivity index (χ0) is 14.7. The second-order valence-corrected chi connectivity index (χ2v) is 6.14. The zero-order valence-corrected chi connectivity index (χ0v) is 13.7. The lowest BCUT2D eigenvalue weighted by Crippen LogP contribution is -2.36. The number of hydrogen-bond acceptors (Lipinski definition) is 4. The van der Waals surface area contributed by atoms with Gasteiger partial charge in [0, 0.05) is 30.6 Å². The Labute approximate surface area is 126 Å². The van der Waals surface area contributed by atoms with Gasteiger partial charge in [0.25, 0.3) is 0 Å². The van der Waals surface area contributed by atoms with Gasteiger partial charge in [0.1, 0.15) is 16.8 Å². The molecule has 112 valence electrons.